The number of carboxylic acid groups (broad SMARTS) is 1. The molecule has 0 aromatic carbocycles. The molecule has 19 heavy (non-hydrogen) atoms. The lowest BCUT2D eigenvalue weighted by Gasteiger charge is -2.07. The Labute approximate surface area is 109 Å². The zero-order chi connectivity index (χ0) is 14.7. The van der Waals surface area contributed by atoms with E-state index in [2.05, 4.69) is 4.74 Å². The van der Waals surface area contributed by atoms with E-state index >= 15 is 0 Å². The van der Waals surface area contributed by atoms with Gasteiger partial charge in [0.25, 0.3) is 0 Å². The second-order valence-electron chi connectivity index (χ2n) is 4.29. The first-order valence-corrected chi connectivity index (χ1v) is 6.25. The van der Waals surface area contributed by atoms with Crippen LogP contribution in [-0.4, -0.2) is 29.8 Å². The smallest absolute Gasteiger partial charge is 0.422 e. The lowest BCUT2D eigenvalue weighted by Crippen LogP contribution is -2.20. The Morgan fingerprint density at radius 2 is 1.37 bits per heavy atom. The van der Waals surface area contributed by atoms with Gasteiger partial charge in [0.2, 0.25) is 0 Å². The number of esters is 1. The van der Waals surface area contributed by atoms with Gasteiger partial charge in [0, 0.05) is 12.8 Å². The molecule has 0 rings (SSSR count). The van der Waals surface area contributed by atoms with Crippen molar-refractivity contribution in [1.82, 2.24) is 0 Å². The molecule has 1 N–H and O–H groups in total. The van der Waals surface area contributed by atoms with Gasteiger partial charge in [-0.15, -0.1) is 0 Å². The Morgan fingerprint density at radius 1 is 0.895 bits per heavy atom. The first-order valence-electron chi connectivity index (χ1n) is 6.25. The molecule has 0 aliphatic carbocycles. The summed E-state index contributed by atoms with van der Waals surface area (Å²) in [5, 5.41) is 8.39. The molecule has 0 unspecified atom stereocenters. The van der Waals surface area contributed by atoms with E-state index in [1.807, 2.05) is 0 Å². The molecule has 0 fully saturated rings. The van der Waals surface area contributed by atoms with Crippen molar-refractivity contribution < 1.29 is 32.6 Å². The summed E-state index contributed by atoms with van der Waals surface area (Å²) in [7, 11) is 0. The third-order valence-corrected chi connectivity index (χ3v) is 2.42. The van der Waals surface area contributed by atoms with E-state index in [9.17, 15) is 22.8 Å². The van der Waals surface area contributed by atoms with Gasteiger partial charge in [-0.2, -0.15) is 13.2 Å². The van der Waals surface area contributed by atoms with E-state index in [1.165, 1.54) is 0 Å². The van der Waals surface area contributed by atoms with Crippen LogP contribution < -0.4 is 0 Å². The van der Waals surface area contributed by atoms with Gasteiger partial charge in [-0.05, 0) is 12.8 Å². The van der Waals surface area contributed by atoms with Crippen molar-refractivity contribution in [2.75, 3.05) is 6.61 Å². The zero-order valence-corrected chi connectivity index (χ0v) is 10.7. The summed E-state index contributed by atoms with van der Waals surface area (Å²) >= 11 is 0. The fourth-order valence-electron chi connectivity index (χ4n) is 1.49. The van der Waals surface area contributed by atoms with Crippen LogP contribution in [0.5, 0.6) is 0 Å². The Hall–Kier alpha value is -1.27. The molecular weight excluding hydrogens is 265 g/mol. The van der Waals surface area contributed by atoms with Crippen LogP contribution in [0.1, 0.15) is 51.4 Å². The maximum Gasteiger partial charge on any atom is 0.422 e. The van der Waals surface area contributed by atoms with Crippen molar-refractivity contribution in [2.45, 2.75) is 57.5 Å². The Balaban J connectivity index is 3.30. The van der Waals surface area contributed by atoms with Crippen LogP contribution >= 0.6 is 0 Å². The lowest BCUT2D eigenvalue weighted by molar-refractivity contribution is -0.186. The van der Waals surface area contributed by atoms with Crippen LogP contribution in [0.2, 0.25) is 0 Å². The molecule has 0 heterocycles. The van der Waals surface area contributed by atoms with Crippen molar-refractivity contribution in [3.05, 3.63) is 0 Å². The monoisotopic (exact) mass is 284 g/mol. The van der Waals surface area contributed by atoms with Crippen molar-refractivity contribution in [2.24, 2.45) is 0 Å². The van der Waals surface area contributed by atoms with Gasteiger partial charge >= 0.3 is 18.1 Å². The number of rotatable bonds is 10. The minimum Gasteiger partial charge on any atom is -0.481 e. The molecule has 112 valence electrons. The van der Waals surface area contributed by atoms with Crippen LogP contribution in [0.15, 0.2) is 0 Å². The highest BCUT2D eigenvalue weighted by Gasteiger charge is 2.29. The van der Waals surface area contributed by atoms with Gasteiger partial charge in [0.15, 0.2) is 6.61 Å². The lowest BCUT2D eigenvalue weighted by atomic mass is 10.1. The Morgan fingerprint density at radius 3 is 1.84 bits per heavy atom. The molecule has 4 nitrogen and oxygen atoms in total. The topological polar surface area (TPSA) is 63.6 Å². The summed E-state index contributed by atoms with van der Waals surface area (Å²) in [5.41, 5.74) is 0. The quantitative estimate of drug-likeness (QED) is 0.494. The van der Waals surface area contributed by atoms with Crippen LogP contribution in [-0.2, 0) is 14.3 Å². The fourth-order valence-corrected chi connectivity index (χ4v) is 1.49. The van der Waals surface area contributed by atoms with Gasteiger partial charge in [-0.3, -0.25) is 9.59 Å². The number of hydrogen-bond donors (Lipinski definition) is 1. The number of halogens is 3. The number of carbonyl (C=O) groups is 2. The normalized spacial score (nSPS) is 11.3. The Bertz CT molecular complexity index is 277. The van der Waals surface area contributed by atoms with E-state index in [4.69, 9.17) is 5.11 Å². The number of ether oxygens (including phenoxy) is 1. The van der Waals surface area contributed by atoms with E-state index in [0.717, 1.165) is 25.7 Å². The van der Waals surface area contributed by atoms with Crippen molar-refractivity contribution in [3.8, 4) is 0 Å². The van der Waals surface area contributed by atoms with E-state index in [-0.39, 0.29) is 12.8 Å². The van der Waals surface area contributed by atoms with E-state index in [0.29, 0.717) is 12.8 Å². The highest BCUT2D eigenvalue weighted by Crippen LogP contribution is 2.15. The maximum absolute atomic E-state index is 11.7. The molecule has 7 heteroatoms. The molecule has 0 spiro atoms. The van der Waals surface area contributed by atoms with Gasteiger partial charge in [0.1, 0.15) is 0 Å². The molecule has 0 atom stereocenters. The summed E-state index contributed by atoms with van der Waals surface area (Å²) in [5.74, 6) is -1.64. The predicted molar refractivity (Wildman–Crippen MR) is 61.6 cm³/mol. The molecule has 0 amide bonds. The molecule has 0 aliphatic rings. The number of carboxylic acids is 1. The van der Waals surface area contributed by atoms with E-state index in [1.54, 1.807) is 0 Å². The van der Waals surface area contributed by atoms with E-state index < -0.39 is 24.7 Å². The molecule has 0 aromatic rings. The van der Waals surface area contributed by atoms with Gasteiger partial charge in [-0.25, -0.2) is 0 Å². The molecular formula is C12H19F3O4. The molecule has 0 bridgehead atoms. The first kappa shape index (κ1) is 17.7. The molecule has 0 saturated heterocycles. The Kier molecular flexibility index (Phi) is 8.99. The predicted octanol–water partition coefficient (Wildman–Crippen LogP) is 3.30. The van der Waals surface area contributed by atoms with Gasteiger partial charge in [-0.1, -0.05) is 25.7 Å². The van der Waals surface area contributed by atoms with Gasteiger partial charge in [0.05, 0.1) is 0 Å². The summed E-state index contributed by atoms with van der Waals surface area (Å²) in [6.07, 6.45) is 0.0451. The average molecular weight is 284 g/mol. The third-order valence-electron chi connectivity index (χ3n) is 2.42. The fraction of sp³-hybridized carbons (Fsp3) is 0.833. The number of hydrogen-bond acceptors (Lipinski definition) is 3. The maximum atomic E-state index is 11.7. The molecule has 0 radical (unpaired) electrons. The summed E-state index contributed by atoms with van der Waals surface area (Å²) < 4.78 is 39.2. The molecule has 0 aromatic heterocycles. The van der Waals surface area contributed by atoms with Crippen LogP contribution in [0.4, 0.5) is 13.2 Å². The van der Waals surface area contributed by atoms with Crippen LogP contribution in [0.25, 0.3) is 0 Å². The van der Waals surface area contributed by atoms with Crippen LogP contribution in [0, 0.1) is 0 Å². The van der Waals surface area contributed by atoms with Crippen molar-refractivity contribution in [3.63, 3.8) is 0 Å². The minimum atomic E-state index is -4.47. The van der Waals surface area contributed by atoms with Crippen LogP contribution in [0.3, 0.4) is 0 Å². The minimum absolute atomic E-state index is 0.00872. The second kappa shape index (κ2) is 9.63. The van der Waals surface area contributed by atoms with Crippen molar-refractivity contribution >= 4 is 11.9 Å². The highest BCUT2D eigenvalue weighted by atomic mass is 19.4. The largest absolute Gasteiger partial charge is 0.481 e. The number of carbonyl (C=O) groups excluding carboxylic acids is 1. The molecule has 0 aliphatic heterocycles. The van der Waals surface area contributed by atoms with Gasteiger partial charge < -0.3 is 9.84 Å². The third kappa shape index (κ3) is 14.7. The summed E-state index contributed by atoms with van der Waals surface area (Å²) in [6, 6.07) is 0. The SMILES string of the molecule is O=C(O)CCCCCCCCC(=O)OCC(F)(F)F. The number of aliphatic carboxylic acids is 1. The first-order chi connectivity index (χ1) is 8.81. The number of alkyl halides is 3. The average Bonchev–Trinajstić information content (AvgIpc) is 2.28. The number of unbranched alkanes of at least 4 members (excludes halogenated alkanes) is 5. The summed E-state index contributed by atoms with van der Waals surface area (Å²) in [6.45, 7) is -1.53. The second-order valence-corrected chi connectivity index (χ2v) is 4.29. The summed E-state index contributed by atoms with van der Waals surface area (Å²) in [4.78, 5) is 21.1. The highest BCUT2D eigenvalue weighted by molar-refractivity contribution is 5.69. The zero-order valence-electron chi connectivity index (χ0n) is 10.7. The standard InChI is InChI=1S/C12H19F3O4/c13-12(14,15)9-19-11(18)8-6-4-2-1-3-5-7-10(16)17/h1-9H2,(H,16,17). The van der Waals surface area contributed by atoms with Crippen molar-refractivity contribution in [1.29, 1.82) is 0 Å². The molecule has 0 saturated carbocycles.